The van der Waals surface area contributed by atoms with Crippen LogP contribution in [0.2, 0.25) is 0 Å². The summed E-state index contributed by atoms with van der Waals surface area (Å²) in [6.45, 7) is 0. The number of carbonyl (C=O) groups is 1. The molecule has 2 N–H and O–H groups in total. The third kappa shape index (κ3) is 3.38. The third-order valence-electron chi connectivity index (χ3n) is 4.41. The molecule has 0 aliphatic heterocycles. The highest BCUT2D eigenvalue weighted by molar-refractivity contribution is 7.11. The Hall–Kier alpha value is -2.80. The molecule has 0 aliphatic rings. The van der Waals surface area contributed by atoms with E-state index in [0.717, 1.165) is 0 Å². The molecular formula is C22H16FNO2S2. The number of aliphatic hydroxyl groups is 1. The number of nitrogens with one attached hydrogen (secondary N) is 1. The molecule has 0 bridgehead atoms. The van der Waals surface area contributed by atoms with Gasteiger partial charge < -0.3 is 10.4 Å². The fraction of sp³-hybridized carbons (Fsp3) is 0.0455. The Labute approximate surface area is 169 Å². The standard InChI is InChI=1S/C22H16FNO2S2/c23-16-10-11-18(24-21(25)15-6-2-1-3-7-15)17(14-16)22(26,19-8-4-12-27-19)20-9-5-13-28-20/h1-14,26H,(H,24,25). The SMILES string of the molecule is O=C(Nc1ccc(F)cc1C(O)(c1cccs1)c1cccs1)c1ccccc1. The predicted molar refractivity (Wildman–Crippen MR) is 112 cm³/mol. The predicted octanol–water partition coefficient (Wildman–Crippen LogP) is 5.49. The van der Waals surface area contributed by atoms with Crippen LogP contribution in [0.15, 0.2) is 83.6 Å². The third-order valence-corrected chi connectivity index (χ3v) is 6.37. The Morgan fingerprint density at radius 1 is 0.893 bits per heavy atom. The lowest BCUT2D eigenvalue weighted by Crippen LogP contribution is -2.29. The average Bonchev–Trinajstić information content (AvgIpc) is 3.44. The minimum absolute atomic E-state index is 0.293. The largest absolute Gasteiger partial charge is 0.374 e. The number of carbonyl (C=O) groups excluding carboxylic acids is 1. The van der Waals surface area contributed by atoms with Crippen molar-refractivity contribution in [2.24, 2.45) is 0 Å². The highest BCUT2D eigenvalue weighted by Crippen LogP contribution is 2.44. The Kier molecular flexibility index (Phi) is 5.09. The number of hydrogen-bond donors (Lipinski definition) is 2. The smallest absolute Gasteiger partial charge is 0.255 e. The van der Waals surface area contributed by atoms with E-state index in [1.54, 1.807) is 36.4 Å². The first-order valence-corrected chi connectivity index (χ1v) is 10.3. The topological polar surface area (TPSA) is 49.3 Å². The summed E-state index contributed by atoms with van der Waals surface area (Å²) >= 11 is 2.75. The fourth-order valence-corrected chi connectivity index (χ4v) is 4.83. The fourth-order valence-electron chi connectivity index (χ4n) is 3.06. The number of anilines is 1. The summed E-state index contributed by atoms with van der Waals surface area (Å²) in [7, 11) is 0. The van der Waals surface area contributed by atoms with Gasteiger partial charge in [0.2, 0.25) is 0 Å². The maximum Gasteiger partial charge on any atom is 0.255 e. The van der Waals surface area contributed by atoms with E-state index in [0.29, 0.717) is 26.6 Å². The molecule has 0 saturated heterocycles. The molecule has 3 nitrogen and oxygen atoms in total. The van der Waals surface area contributed by atoms with Gasteiger partial charge in [-0.3, -0.25) is 4.79 Å². The molecule has 0 spiro atoms. The van der Waals surface area contributed by atoms with Crippen LogP contribution in [0.25, 0.3) is 0 Å². The number of rotatable bonds is 5. The Balaban J connectivity index is 1.84. The molecule has 2 aromatic heterocycles. The molecular weight excluding hydrogens is 393 g/mol. The summed E-state index contributed by atoms with van der Waals surface area (Å²) < 4.78 is 14.2. The molecule has 0 aliphatic carbocycles. The van der Waals surface area contributed by atoms with Crippen molar-refractivity contribution in [2.75, 3.05) is 5.32 Å². The van der Waals surface area contributed by atoms with Crippen LogP contribution in [0.4, 0.5) is 10.1 Å². The molecule has 6 heteroatoms. The zero-order valence-corrected chi connectivity index (χ0v) is 16.3. The van der Waals surface area contributed by atoms with Gasteiger partial charge in [0.1, 0.15) is 5.82 Å². The maximum absolute atomic E-state index is 14.2. The molecule has 0 radical (unpaired) electrons. The van der Waals surface area contributed by atoms with Crippen LogP contribution in [-0.4, -0.2) is 11.0 Å². The monoisotopic (exact) mass is 409 g/mol. The summed E-state index contributed by atoms with van der Waals surface area (Å²) in [4.78, 5) is 14.0. The number of halogens is 1. The van der Waals surface area contributed by atoms with Gasteiger partial charge in [-0.1, -0.05) is 30.3 Å². The van der Waals surface area contributed by atoms with Crippen LogP contribution in [0.3, 0.4) is 0 Å². The van der Waals surface area contributed by atoms with E-state index in [-0.39, 0.29) is 5.91 Å². The van der Waals surface area contributed by atoms with Crippen molar-refractivity contribution in [2.45, 2.75) is 5.60 Å². The second-order valence-corrected chi connectivity index (χ2v) is 8.07. The first kappa shape index (κ1) is 18.6. The summed E-state index contributed by atoms with van der Waals surface area (Å²) in [5.74, 6) is -0.813. The highest BCUT2D eigenvalue weighted by Gasteiger charge is 2.38. The second kappa shape index (κ2) is 7.67. The molecule has 0 fully saturated rings. The number of amides is 1. The van der Waals surface area contributed by atoms with E-state index in [9.17, 15) is 14.3 Å². The number of thiophene rings is 2. The molecule has 2 aromatic carbocycles. The molecule has 0 unspecified atom stereocenters. The second-order valence-electron chi connectivity index (χ2n) is 6.18. The van der Waals surface area contributed by atoms with Crippen molar-refractivity contribution in [3.8, 4) is 0 Å². The first-order chi connectivity index (χ1) is 13.6. The van der Waals surface area contributed by atoms with Gasteiger partial charge in [-0.25, -0.2) is 4.39 Å². The summed E-state index contributed by atoms with van der Waals surface area (Å²) in [6.07, 6.45) is 0. The zero-order valence-electron chi connectivity index (χ0n) is 14.6. The van der Waals surface area contributed by atoms with Gasteiger partial charge in [-0.15, -0.1) is 22.7 Å². The molecule has 2 heterocycles. The lowest BCUT2D eigenvalue weighted by atomic mass is 9.88. The van der Waals surface area contributed by atoms with Crippen LogP contribution < -0.4 is 5.32 Å². The van der Waals surface area contributed by atoms with Gasteiger partial charge in [0, 0.05) is 26.6 Å². The van der Waals surface area contributed by atoms with Crippen LogP contribution in [-0.2, 0) is 5.60 Å². The van der Waals surface area contributed by atoms with Crippen molar-refractivity contribution in [3.05, 3.63) is 110 Å². The lowest BCUT2D eigenvalue weighted by Gasteiger charge is -2.29. The van der Waals surface area contributed by atoms with Crippen LogP contribution in [0.1, 0.15) is 25.7 Å². The van der Waals surface area contributed by atoms with Crippen molar-refractivity contribution < 1.29 is 14.3 Å². The molecule has 0 atom stereocenters. The van der Waals surface area contributed by atoms with E-state index >= 15 is 0 Å². The van der Waals surface area contributed by atoms with Crippen LogP contribution >= 0.6 is 22.7 Å². The van der Waals surface area contributed by atoms with E-state index in [2.05, 4.69) is 5.32 Å². The molecule has 140 valence electrons. The molecule has 28 heavy (non-hydrogen) atoms. The van der Waals surface area contributed by atoms with E-state index in [1.807, 2.05) is 29.0 Å². The first-order valence-electron chi connectivity index (χ1n) is 8.56. The quantitative estimate of drug-likeness (QED) is 0.458. The van der Waals surface area contributed by atoms with Gasteiger partial charge in [-0.05, 0) is 53.2 Å². The molecule has 1 amide bonds. The minimum Gasteiger partial charge on any atom is -0.374 e. The molecule has 4 rings (SSSR count). The molecule has 4 aromatic rings. The van der Waals surface area contributed by atoms with E-state index in [1.165, 1.54) is 40.9 Å². The number of hydrogen-bond acceptors (Lipinski definition) is 4. The highest BCUT2D eigenvalue weighted by atomic mass is 32.1. The summed E-state index contributed by atoms with van der Waals surface area (Å²) in [5, 5.41) is 18.3. The van der Waals surface area contributed by atoms with Crippen molar-refractivity contribution in [3.63, 3.8) is 0 Å². The molecule has 0 saturated carbocycles. The normalized spacial score (nSPS) is 11.4. The van der Waals surface area contributed by atoms with E-state index < -0.39 is 11.4 Å². The number of benzene rings is 2. The van der Waals surface area contributed by atoms with Crippen molar-refractivity contribution in [1.29, 1.82) is 0 Å². The van der Waals surface area contributed by atoms with E-state index in [4.69, 9.17) is 0 Å². The van der Waals surface area contributed by atoms with Gasteiger partial charge >= 0.3 is 0 Å². The average molecular weight is 410 g/mol. The van der Waals surface area contributed by atoms with Gasteiger partial charge in [0.15, 0.2) is 5.60 Å². The van der Waals surface area contributed by atoms with Crippen LogP contribution in [0.5, 0.6) is 0 Å². The van der Waals surface area contributed by atoms with Gasteiger partial charge in [-0.2, -0.15) is 0 Å². The van der Waals surface area contributed by atoms with Gasteiger partial charge in [0.25, 0.3) is 5.91 Å². The Bertz CT molecular complexity index is 1040. The maximum atomic E-state index is 14.2. The van der Waals surface area contributed by atoms with Crippen molar-refractivity contribution in [1.82, 2.24) is 0 Å². The lowest BCUT2D eigenvalue weighted by molar-refractivity contribution is 0.102. The summed E-state index contributed by atoms with van der Waals surface area (Å²) in [6, 6.07) is 20.1. The summed E-state index contributed by atoms with van der Waals surface area (Å²) in [5.41, 5.74) is -0.432. The van der Waals surface area contributed by atoms with Crippen LogP contribution in [0, 0.1) is 5.82 Å². The zero-order chi connectivity index (χ0) is 19.6. The Morgan fingerprint density at radius 3 is 2.11 bits per heavy atom. The Morgan fingerprint density at radius 2 is 1.54 bits per heavy atom. The van der Waals surface area contributed by atoms with Gasteiger partial charge in [0.05, 0.1) is 0 Å². The minimum atomic E-state index is -1.57. The van der Waals surface area contributed by atoms with Crippen molar-refractivity contribution >= 4 is 34.3 Å².